The van der Waals surface area contributed by atoms with Crippen molar-refractivity contribution in [2.75, 3.05) is 0 Å². The van der Waals surface area contributed by atoms with Crippen LogP contribution in [0, 0.1) is 26.1 Å². The Kier molecular flexibility index (Phi) is 4.60. The van der Waals surface area contributed by atoms with Gasteiger partial charge in [-0.05, 0) is 54.2 Å². The van der Waals surface area contributed by atoms with Crippen molar-refractivity contribution < 1.29 is 9.85 Å². The van der Waals surface area contributed by atoms with Crippen LogP contribution in [0.15, 0.2) is 59.2 Å². The molecule has 0 bridgehead atoms. The molecule has 0 unspecified atom stereocenters. The van der Waals surface area contributed by atoms with E-state index in [9.17, 15) is 20.2 Å². The Labute approximate surface area is 160 Å². The van der Waals surface area contributed by atoms with Gasteiger partial charge < -0.3 is 5.43 Å². The SMILES string of the molecule is O=[N+]([O-])c1ccc(/C=C2\CCC[C@@H]3C2=NN[C@@H]3c2ccc([N+](=O)[O-])cc2)cc1. The van der Waals surface area contributed by atoms with Crippen LogP contribution in [0.5, 0.6) is 0 Å². The lowest BCUT2D eigenvalue weighted by atomic mass is 9.78. The van der Waals surface area contributed by atoms with Crippen molar-refractivity contribution in [2.24, 2.45) is 11.0 Å². The molecule has 1 aliphatic carbocycles. The molecular formula is C20H18N4O4. The number of fused-ring (bicyclic) bond motifs is 1. The van der Waals surface area contributed by atoms with E-state index >= 15 is 0 Å². The van der Waals surface area contributed by atoms with Gasteiger partial charge in [0.1, 0.15) is 0 Å². The van der Waals surface area contributed by atoms with Crippen molar-refractivity contribution in [1.82, 2.24) is 5.43 Å². The normalized spacial score (nSPS) is 22.3. The molecule has 0 radical (unpaired) electrons. The second kappa shape index (κ2) is 7.22. The summed E-state index contributed by atoms with van der Waals surface area (Å²) in [5.74, 6) is 0.208. The van der Waals surface area contributed by atoms with E-state index in [0.717, 1.165) is 41.7 Å². The third-order valence-corrected chi connectivity index (χ3v) is 5.28. The van der Waals surface area contributed by atoms with Gasteiger partial charge in [0.15, 0.2) is 0 Å². The molecule has 2 aromatic rings. The Bertz CT molecular complexity index is 980. The molecule has 1 saturated carbocycles. The molecule has 1 N–H and O–H groups in total. The standard InChI is InChI=1S/C20H18N4O4/c25-23(26)16-8-4-13(5-9-16)12-15-2-1-3-18-19(21-22-20(15)18)14-6-10-17(11-7-14)24(27)28/h4-12,18-19,21H,1-3H2/b15-12+/t18-,19+/m0/s1. The Balaban J connectivity index is 1.56. The van der Waals surface area contributed by atoms with E-state index in [1.807, 2.05) is 6.08 Å². The maximum atomic E-state index is 10.9. The van der Waals surface area contributed by atoms with E-state index in [2.05, 4.69) is 10.5 Å². The number of hydrogen-bond donors (Lipinski definition) is 1. The van der Waals surface area contributed by atoms with Crippen molar-refractivity contribution in [3.63, 3.8) is 0 Å². The van der Waals surface area contributed by atoms with Crippen molar-refractivity contribution in [1.29, 1.82) is 0 Å². The highest BCUT2D eigenvalue weighted by Crippen LogP contribution is 2.39. The number of nitrogens with one attached hydrogen (secondary N) is 1. The minimum Gasteiger partial charge on any atom is -0.302 e. The summed E-state index contributed by atoms with van der Waals surface area (Å²) in [6.07, 6.45) is 4.95. The molecule has 28 heavy (non-hydrogen) atoms. The first-order valence-corrected chi connectivity index (χ1v) is 9.06. The van der Waals surface area contributed by atoms with Gasteiger partial charge in [0.2, 0.25) is 0 Å². The van der Waals surface area contributed by atoms with Crippen LogP contribution in [-0.2, 0) is 0 Å². The number of nitro benzene ring substituents is 2. The first-order chi connectivity index (χ1) is 13.5. The monoisotopic (exact) mass is 378 g/mol. The van der Waals surface area contributed by atoms with Crippen molar-refractivity contribution in [3.8, 4) is 0 Å². The topological polar surface area (TPSA) is 111 Å². The Morgan fingerprint density at radius 3 is 2.18 bits per heavy atom. The van der Waals surface area contributed by atoms with Crippen molar-refractivity contribution >= 4 is 23.2 Å². The highest BCUT2D eigenvalue weighted by Gasteiger charge is 2.36. The Morgan fingerprint density at radius 2 is 1.57 bits per heavy atom. The highest BCUT2D eigenvalue weighted by atomic mass is 16.6. The lowest BCUT2D eigenvalue weighted by Gasteiger charge is -2.26. The molecular weight excluding hydrogens is 360 g/mol. The number of nitro groups is 2. The van der Waals surface area contributed by atoms with Crippen molar-refractivity contribution in [2.45, 2.75) is 25.3 Å². The van der Waals surface area contributed by atoms with E-state index in [1.54, 1.807) is 24.3 Å². The predicted octanol–water partition coefficient (Wildman–Crippen LogP) is 4.39. The summed E-state index contributed by atoms with van der Waals surface area (Å²) < 4.78 is 0. The molecule has 8 nitrogen and oxygen atoms in total. The molecule has 8 heteroatoms. The Hall–Kier alpha value is -3.55. The van der Waals surface area contributed by atoms with Gasteiger partial charge in [-0.15, -0.1) is 0 Å². The summed E-state index contributed by atoms with van der Waals surface area (Å²) in [6, 6.07) is 13.1. The quantitative estimate of drug-likeness (QED) is 0.627. The number of hydrogen-bond acceptors (Lipinski definition) is 6. The fraction of sp³-hybridized carbons (Fsp3) is 0.250. The average molecular weight is 378 g/mol. The number of non-ortho nitro benzene ring substituents is 2. The van der Waals surface area contributed by atoms with Crippen LogP contribution in [0.1, 0.15) is 36.4 Å². The lowest BCUT2D eigenvalue weighted by molar-refractivity contribution is -0.385. The third kappa shape index (κ3) is 3.36. The van der Waals surface area contributed by atoms with Gasteiger partial charge in [0.05, 0.1) is 21.6 Å². The fourth-order valence-electron chi connectivity index (χ4n) is 3.87. The zero-order valence-electron chi connectivity index (χ0n) is 14.9. The highest BCUT2D eigenvalue weighted by molar-refractivity contribution is 6.07. The summed E-state index contributed by atoms with van der Waals surface area (Å²) >= 11 is 0. The maximum absolute atomic E-state index is 10.9. The molecule has 0 saturated heterocycles. The largest absolute Gasteiger partial charge is 0.302 e. The summed E-state index contributed by atoms with van der Waals surface area (Å²) in [5, 5.41) is 26.2. The minimum absolute atomic E-state index is 0.00337. The van der Waals surface area contributed by atoms with E-state index < -0.39 is 9.85 Å². The molecule has 2 aromatic carbocycles. The molecule has 142 valence electrons. The van der Waals surface area contributed by atoms with Crippen LogP contribution >= 0.6 is 0 Å². The second-order valence-corrected chi connectivity index (χ2v) is 6.97. The zero-order chi connectivity index (χ0) is 19.7. The Morgan fingerprint density at radius 1 is 0.964 bits per heavy atom. The van der Waals surface area contributed by atoms with E-state index in [-0.39, 0.29) is 23.3 Å². The summed E-state index contributed by atoms with van der Waals surface area (Å²) in [5.41, 5.74) is 7.35. The minimum atomic E-state index is -0.409. The van der Waals surface area contributed by atoms with Gasteiger partial charge in [-0.25, -0.2) is 0 Å². The van der Waals surface area contributed by atoms with Gasteiger partial charge in [-0.2, -0.15) is 5.10 Å². The number of benzene rings is 2. The van der Waals surface area contributed by atoms with Gasteiger partial charge in [-0.3, -0.25) is 20.2 Å². The van der Waals surface area contributed by atoms with Crippen LogP contribution in [0.2, 0.25) is 0 Å². The molecule has 0 spiro atoms. The van der Waals surface area contributed by atoms with E-state index in [0.29, 0.717) is 0 Å². The van der Waals surface area contributed by atoms with Gasteiger partial charge >= 0.3 is 0 Å². The first kappa shape index (κ1) is 17.8. The smallest absolute Gasteiger partial charge is 0.269 e. The predicted molar refractivity (Wildman–Crippen MR) is 105 cm³/mol. The molecule has 1 aliphatic heterocycles. The van der Waals surface area contributed by atoms with E-state index in [1.165, 1.54) is 24.3 Å². The van der Waals surface area contributed by atoms with Crippen LogP contribution in [0.3, 0.4) is 0 Å². The van der Waals surface area contributed by atoms with Crippen LogP contribution in [0.25, 0.3) is 6.08 Å². The molecule has 0 amide bonds. The van der Waals surface area contributed by atoms with E-state index in [4.69, 9.17) is 0 Å². The summed E-state index contributed by atoms with van der Waals surface area (Å²) in [7, 11) is 0. The van der Waals surface area contributed by atoms with Crippen LogP contribution in [0.4, 0.5) is 11.4 Å². The fourth-order valence-corrected chi connectivity index (χ4v) is 3.87. The number of allylic oxidation sites excluding steroid dienone is 1. The lowest BCUT2D eigenvalue weighted by Crippen LogP contribution is -2.25. The zero-order valence-corrected chi connectivity index (χ0v) is 14.9. The average Bonchev–Trinajstić information content (AvgIpc) is 3.13. The van der Waals surface area contributed by atoms with Gasteiger partial charge in [0, 0.05) is 30.2 Å². The van der Waals surface area contributed by atoms with Crippen LogP contribution < -0.4 is 5.43 Å². The maximum Gasteiger partial charge on any atom is 0.269 e. The van der Waals surface area contributed by atoms with Gasteiger partial charge in [0.25, 0.3) is 11.4 Å². The molecule has 2 aliphatic rings. The summed E-state index contributed by atoms with van der Waals surface area (Å²) in [6.45, 7) is 0. The molecule has 2 atom stereocenters. The molecule has 0 aromatic heterocycles. The molecule has 1 heterocycles. The number of hydrazone groups is 1. The second-order valence-electron chi connectivity index (χ2n) is 6.97. The third-order valence-electron chi connectivity index (χ3n) is 5.28. The molecule has 4 rings (SSSR count). The number of nitrogens with zero attached hydrogens (tertiary/aromatic N) is 3. The summed E-state index contributed by atoms with van der Waals surface area (Å²) in [4.78, 5) is 20.9. The first-order valence-electron chi connectivity index (χ1n) is 9.06. The number of rotatable bonds is 4. The molecule has 1 fully saturated rings. The van der Waals surface area contributed by atoms with Gasteiger partial charge in [-0.1, -0.05) is 12.1 Å². The van der Waals surface area contributed by atoms with Crippen molar-refractivity contribution in [3.05, 3.63) is 85.5 Å². The van der Waals surface area contributed by atoms with Crippen LogP contribution in [-0.4, -0.2) is 15.6 Å².